The van der Waals surface area contributed by atoms with Crippen molar-refractivity contribution in [2.45, 2.75) is 56.5 Å². The van der Waals surface area contributed by atoms with E-state index in [0.29, 0.717) is 25.1 Å². The highest BCUT2D eigenvalue weighted by molar-refractivity contribution is 7.10. The Morgan fingerprint density at radius 3 is 2.64 bits per heavy atom. The summed E-state index contributed by atoms with van der Waals surface area (Å²) in [6.45, 7) is 7.48. The van der Waals surface area contributed by atoms with Gasteiger partial charge in [-0.3, -0.25) is 4.79 Å². The van der Waals surface area contributed by atoms with Crippen LogP contribution < -0.4 is 0 Å². The fourth-order valence-electron chi connectivity index (χ4n) is 4.39. The summed E-state index contributed by atoms with van der Waals surface area (Å²) in [6.07, 6.45) is 2.36. The van der Waals surface area contributed by atoms with E-state index in [1.165, 1.54) is 0 Å². The Morgan fingerprint density at radius 2 is 1.96 bits per heavy atom. The van der Waals surface area contributed by atoms with E-state index in [9.17, 15) is 9.59 Å². The van der Waals surface area contributed by atoms with Gasteiger partial charge in [0.15, 0.2) is 5.60 Å². The molecule has 5 rings (SSSR count). The van der Waals surface area contributed by atoms with E-state index in [1.54, 1.807) is 11.3 Å². The topological polar surface area (TPSA) is 59.5 Å². The largest absolute Gasteiger partial charge is 0.449 e. The van der Waals surface area contributed by atoms with Crippen LogP contribution in [0.4, 0.5) is 0 Å². The fraction of sp³-hybridized carbons (Fsp3) is 0.500. The molecular formula is C22H24N2O3S. The normalized spacial score (nSPS) is 25.1. The van der Waals surface area contributed by atoms with Crippen LogP contribution in [0.5, 0.6) is 0 Å². The predicted octanol–water partition coefficient (Wildman–Crippen LogP) is 3.77. The van der Waals surface area contributed by atoms with Gasteiger partial charge in [0.1, 0.15) is 10.4 Å². The van der Waals surface area contributed by atoms with Gasteiger partial charge in [-0.15, -0.1) is 11.3 Å². The number of benzene rings is 1. The zero-order valence-electron chi connectivity index (χ0n) is 16.4. The van der Waals surface area contributed by atoms with Crippen LogP contribution in [0.2, 0.25) is 0 Å². The first-order valence-electron chi connectivity index (χ1n) is 9.84. The molecule has 0 radical (unpaired) electrons. The third-order valence-electron chi connectivity index (χ3n) is 6.29. The maximum Gasteiger partial charge on any atom is 0.339 e. The van der Waals surface area contributed by atoms with Crippen molar-refractivity contribution < 1.29 is 14.3 Å². The smallest absolute Gasteiger partial charge is 0.339 e. The molecule has 2 aliphatic heterocycles. The molecule has 2 aromatic rings. The third-order valence-corrected chi connectivity index (χ3v) is 7.33. The summed E-state index contributed by atoms with van der Waals surface area (Å²) in [5, 5.41) is 3.02. The lowest BCUT2D eigenvalue weighted by Gasteiger charge is -2.26. The lowest BCUT2D eigenvalue weighted by Crippen LogP contribution is -2.40. The van der Waals surface area contributed by atoms with E-state index in [1.807, 2.05) is 29.2 Å². The van der Waals surface area contributed by atoms with Crippen molar-refractivity contribution in [2.75, 3.05) is 13.1 Å². The minimum atomic E-state index is -0.682. The van der Waals surface area contributed by atoms with Crippen LogP contribution >= 0.6 is 11.3 Å². The van der Waals surface area contributed by atoms with Crippen LogP contribution in [-0.2, 0) is 26.0 Å². The Balaban J connectivity index is 1.41. The average Bonchev–Trinajstić information content (AvgIpc) is 3.04. The van der Waals surface area contributed by atoms with Gasteiger partial charge in [0.05, 0.1) is 17.8 Å². The number of ether oxygens (including phenoxy) is 1. The van der Waals surface area contributed by atoms with Gasteiger partial charge in [-0.2, -0.15) is 0 Å². The Hall–Kier alpha value is -2.21. The third kappa shape index (κ3) is 2.47. The minimum Gasteiger partial charge on any atom is -0.449 e. The van der Waals surface area contributed by atoms with Crippen molar-refractivity contribution in [1.29, 1.82) is 0 Å². The Morgan fingerprint density at radius 1 is 1.21 bits per heavy atom. The van der Waals surface area contributed by atoms with Crippen molar-refractivity contribution in [3.63, 3.8) is 0 Å². The molecule has 28 heavy (non-hydrogen) atoms. The summed E-state index contributed by atoms with van der Waals surface area (Å²) >= 11 is 1.60. The first-order chi connectivity index (χ1) is 13.3. The number of carbonyl (C=O) groups is 2. The molecule has 5 nitrogen and oxygen atoms in total. The van der Waals surface area contributed by atoms with Crippen molar-refractivity contribution in [2.24, 2.45) is 0 Å². The standard InChI is InChI=1S/C22H24N2O3S/c1-20(2,3)16-12-28-18(23-16)21(8-9-21)19(26)24-11-10-22(13-24)15-7-5-4-6-14(15)17(25)27-22/h4-7,12H,8-11,13H2,1-3H3/t22-/m0/s1. The number of hydrogen-bond donors (Lipinski definition) is 0. The Labute approximate surface area is 168 Å². The van der Waals surface area contributed by atoms with Crippen LogP contribution in [-0.4, -0.2) is 34.8 Å². The molecule has 0 bridgehead atoms. The number of amides is 1. The minimum absolute atomic E-state index is 0.0205. The molecular weight excluding hydrogens is 372 g/mol. The number of likely N-dealkylation sites (tertiary alicyclic amines) is 1. The van der Waals surface area contributed by atoms with E-state index in [4.69, 9.17) is 9.72 Å². The summed E-state index contributed by atoms with van der Waals surface area (Å²) in [6, 6.07) is 7.55. The number of esters is 1. The van der Waals surface area contributed by atoms with Crippen LogP contribution in [0.15, 0.2) is 29.6 Å². The molecule has 0 N–H and O–H groups in total. The van der Waals surface area contributed by atoms with Gasteiger partial charge in [-0.05, 0) is 18.9 Å². The molecule has 1 saturated heterocycles. The van der Waals surface area contributed by atoms with Crippen LogP contribution in [0, 0.1) is 0 Å². The second-order valence-corrected chi connectivity index (χ2v) is 10.1. The molecule has 146 valence electrons. The molecule has 1 aromatic heterocycles. The first kappa shape index (κ1) is 17.9. The number of nitrogens with zero attached hydrogens (tertiary/aromatic N) is 2. The number of fused-ring (bicyclic) bond motifs is 2. The highest BCUT2D eigenvalue weighted by Crippen LogP contribution is 2.53. The Bertz CT molecular complexity index is 986. The van der Waals surface area contributed by atoms with E-state index in [-0.39, 0.29) is 17.3 Å². The van der Waals surface area contributed by atoms with Crippen molar-refractivity contribution in [3.05, 3.63) is 51.5 Å². The van der Waals surface area contributed by atoms with Crippen molar-refractivity contribution in [1.82, 2.24) is 9.88 Å². The molecule has 2 fully saturated rings. The van der Waals surface area contributed by atoms with Gasteiger partial charge in [-0.25, -0.2) is 9.78 Å². The van der Waals surface area contributed by atoms with E-state index in [0.717, 1.165) is 29.1 Å². The van der Waals surface area contributed by atoms with E-state index >= 15 is 0 Å². The average molecular weight is 397 g/mol. The first-order valence-corrected chi connectivity index (χ1v) is 10.7. The number of aromatic nitrogens is 1. The molecule has 1 saturated carbocycles. The Kier molecular flexibility index (Phi) is 3.61. The molecule has 1 amide bonds. The molecule has 3 aliphatic rings. The molecule has 1 aromatic carbocycles. The van der Waals surface area contributed by atoms with Crippen LogP contribution in [0.25, 0.3) is 0 Å². The highest BCUT2D eigenvalue weighted by Gasteiger charge is 2.59. The lowest BCUT2D eigenvalue weighted by molar-refractivity contribution is -0.134. The van der Waals surface area contributed by atoms with Gasteiger partial charge >= 0.3 is 5.97 Å². The predicted molar refractivity (Wildman–Crippen MR) is 106 cm³/mol. The number of hydrogen-bond acceptors (Lipinski definition) is 5. The van der Waals surface area contributed by atoms with Gasteiger partial charge in [0.25, 0.3) is 0 Å². The van der Waals surface area contributed by atoms with Crippen molar-refractivity contribution >= 4 is 23.2 Å². The summed E-state index contributed by atoms with van der Waals surface area (Å²) < 4.78 is 5.80. The number of thiazole rings is 1. The monoisotopic (exact) mass is 396 g/mol. The van der Waals surface area contributed by atoms with Crippen molar-refractivity contribution in [3.8, 4) is 0 Å². The zero-order chi connectivity index (χ0) is 19.7. The molecule has 1 atom stereocenters. The zero-order valence-corrected chi connectivity index (χ0v) is 17.3. The fourth-order valence-corrected chi connectivity index (χ4v) is 5.69. The molecule has 6 heteroatoms. The van der Waals surface area contributed by atoms with Crippen LogP contribution in [0.3, 0.4) is 0 Å². The van der Waals surface area contributed by atoms with Gasteiger partial charge in [-0.1, -0.05) is 39.0 Å². The number of rotatable bonds is 2. The summed E-state index contributed by atoms with van der Waals surface area (Å²) in [4.78, 5) is 32.5. The maximum atomic E-state index is 13.5. The van der Waals surface area contributed by atoms with Gasteiger partial charge < -0.3 is 9.64 Å². The second-order valence-electron chi connectivity index (χ2n) is 9.28. The summed E-state index contributed by atoms with van der Waals surface area (Å²) in [5.41, 5.74) is 1.42. The van der Waals surface area contributed by atoms with Gasteiger partial charge in [0.2, 0.25) is 5.91 Å². The highest BCUT2D eigenvalue weighted by atomic mass is 32.1. The molecule has 1 spiro atoms. The van der Waals surface area contributed by atoms with Crippen LogP contribution in [0.1, 0.15) is 66.7 Å². The number of carbonyl (C=O) groups excluding carboxylic acids is 2. The van der Waals surface area contributed by atoms with E-state index in [2.05, 4.69) is 26.2 Å². The SMILES string of the molecule is CC(C)(C)c1csc(C2(C(=O)N3CC[C@@]4(C3)OC(=O)c3ccccc34)CC2)n1. The van der Waals surface area contributed by atoms with Gasteiger partial charge in [0, 0.05) is 29.3 Å². The maximum absolute atomic E-state index is 13.5. The summed E-state index contributed by atoms with van der Waals surface area (Å²) in [7, 11) is 0. The van der Waals surface area contributed by atoms with E-state index < -0.39 is 11.0 Å². The second kappa shape index (κ2) is 5.66. The molecule has 0 unspecified atom stereocenters. The lowest BCUT2D eigenvalue weighted by atomic mass is 9.91. The molecule has 3 heterocycles. The summed E-state index contributed by atoms with van der Waals surface area (Å²) in [5.74, 6) is -0.139. The molecule has 1 aliphatic carbocycles. The quantitative estimate of drug-likeness (QED) is 0.725.